The summed E-state index contributed by atoms with van der Waals surface area (Å²) in [6.45, 7) is 8.34. The van der Waals surface area contributed by atoms with Crippen molar-refractivity contribution in [3.05, 3.63) is 53.8 Å². The van der Waals surface area contributed by atoms with Gasteiger partial charge in [-0.1, -0.05) is 0 Å². The van der Waals surface area contributed by atoms with E-state index in [1.807, 2.05) is 40.6 Å². The number of ether oxygens (including phenoxy) is 1. The maximum atomic E-state index is 11.7. The number of pyridine rings is 1. The lowest BCUT2D eigenvalue weighted by molar-refractivity contribution is 0.0566. The first-order chi connectivity index (χ1) is 13.4. The summed E-state index contributed by atoms with van der Waals surface area (Å²) in [6, 6.07) is 7.57. The van der Waals surface area contributed by atoms with Crippen molar-refractivity contribution < 1.29 is 13.9 Å². The van der Waals surface area contributed by atoms with E-state index in [0.29, 0.717) is 5.76 Å². The van der Waals surface area contributed by atoms with Crippen LogP contribution < -0.4 is 0 Å². The van der Waals surface area contributed by atoms with Crippen molar-refractivity contribution in [1.82, 2.24) is 19.4 Å². The van der Waals surface area contributed by atoms with Crippen LogP contribution in [0.1, 0.15) is 41.8 Å². The molecule has 0 aromatic carbocycles. The molecular formula is C21H22N4O3. The first-order valence-corrected chi connectivity index (χ1v) is 9.12. The van der Waals surface area contributed by atoms with Crippen LogP contribution in [0, 0.1) is 13.8 Å². The van der Waals surface area contributed by atoms with Crippen LogP contribution in [0.15, 0.2) is 41.1 Å². The van der Waals surface area contributed by atoms with Crippen molar-refractivity contribution in [3.8, 4) is 22.5 Å². The van der Waals surface area contributed by atoms with Crippen LogP contribution in [0.25, 0.3) is 28.0 Å². The molecule has 0 bridgehead atoms. The molecular weight excluding hydrogens is 356 g/mol. The highest BCUT2D eigenvalue weighted by Crippen LogP contribution is 2.33. The number of fused-ring (bicyclic) bond motifs is 1. The highest BCUT2D eigenvalue weighted by molar-refractivity contribution is 5.88. The van der Waals surface area contributed by atoms with E-state index in [9.17, 15) is 4.79 Å². The third-order valence-electron chi connectivity index (χ3n) is 4.88. The predicted molar refractivity (Wildman–Crippen MR) is 105 cm³/mol. The van der Waals surface area contributed by atoms with Crippen molar-refractivity contribution in [2.24, 2.45) is 0 Å². The summed E-state index contributed by atoms with van der Waals surface area (Å²) in [5.74, 6) is 0.280. The molecule has 0 radical (unpaired) electrons. The van der Waals surface area contributed by atoms with Gasteiger partial charge in [0.2, 0.25) is 5.76 Å². The van der Waals surface area contributed by atoms with Gasteiger partial charge in [0.1, 0.15) is 5.76 Å². The van der Waals surface area contributed by atoms with Crippen LogP contribution in [0.5, 0.6) is 0 Å². The van der Waals surface area contributed by atoms with Crippen molar-refractivity contribution in [3.63, 3.8) is 0 Å². The van der Waals surface area contributed by atoms with E-state index in [-0.39, 0.29) is 11.8 Å². The Labute approximate surface area is 162 Å². The van der Waals surface area contributed by atoms with E-state index in [0.717, 1.165) is 33.6 Å². The first kappa shape index (κ1) is 18.0. The largest absolute Gasteiger partial charge is 0.463 e. The summed E-state index contributed by atoms with van der Waals surface area (Å²) >= 11 is 0. The maximum absolute atomic E-state index is 11.7. The summed E-state index contributed by atoms with van der Waals surface area (Å²) in [7, 11) is 1.33. The molecule has 0 amide bonds. The monoisotopic (exact) mass is 378 g/mol. The number of carbonyl (C=O) groups is 1. The molecule has 0 atom stereocenters. The standard InChI is InChI=1S/C21H22N4O3/c1-12(2)25-14(4)20(13(3)23-25)16-11-22-24-9-8-15(10-17(16)24)18-6-7-19(28-18)21(26)27-5/h6-12H,1-5H3. The number of aryl methyl sites for hydroxylation is 1. The number of aromatic nitrogens is 4. The second kappa shape index (κ2) is 6.67. The molecule has 7 nitrogen and oxygen atoms in total. The van der Waals surface area contributed by atoms with Gasteiger partial charge in [0, 0.05) is 34.6 Å². The van der Waals surface area contributed by atoms with Crippen LogP contribution in [-0.2, 0) is 4.74 Å². The van der Waals surface area contributed by atoms with E-state index in [2.05, 4.69) is 25.9 Å². The smallest absolute Gasteiger partial charge is 0.373 e. The van der Waals surface area contributed by atoms with Crippen LogP contribution in [0.4, 0.5) is 0 Å². The summed E-state index contributed by atoms with van der Waals surface area (Å²) < 4.78 is 14.2. The lowest BCUT2D eigenvalue weighted by atomic mass is 10.0. The van der Waals surface area contributed by atoms with Gasteiger partial charge >= 0.3 is 5.97 Å². The highest BCUT2D eigenvalue weighted by Gasteiger charge is 2.19. The fourth-order valence-corrected chi connectivity index (χ4v) is 3.59. The third-order valence-corrected chi connectivity index (χ3v) is 4.88. The van der Waals surface area contributed by atoms with E-state index < -0.39 is 5.97 Å². The van der Waals surface area contributed by atoms with Gasteiger partial charge in [-0.05, 0) is 52.0 Å². The molecule has 0 saturated carbocycles. The van der Waals surface area contributed by atoms with Gasteiger partial charge in [-0.15, -0.1) is 0 Å². The summed E-state index contributed by atoms with van der Waals surface area (Å²) in [5, 5.41) is 9.18. The van der Waals surface area contributed by atoms with Crippen LogP contribution in [0.3, 0.4) is 0 Å². The maximum Gasteiger partial charge on any atom is 0.373 e. The fraction of sp³-hybridized carbons (Fsp3) is 0.286. The molecule has 0 aliphatic carbocycles. The molecule has 7 heteroatoms. The number of hydrogen-bond acceptors (Lipinski definition) is 5. The van der Waals surface area contributed by atoms with Gasteiger partial charge in [0.25, 0.3) is 0 Å². The van der Waals surface area contributed by atoms with Crippen LogP contribution in [0.2, 0.25) is 0 Å². The van der Waals surface area contributed by atoms with Crippen LogP contribution >= 0.6 is 0 Å². The van der Waals surface area contributed by atoms with Crippen molar-refractivity contribution in [1.29, 1.82) is 0 Å². The number of carbonyl (C=O) groups excluding carboxylic acids is 1. The average Bonchev–Trinajstić information content (AvgIpc) is 3.38. The van der Waals surface area contributed by atoms with Gasteiger partial charge < -0.3 is 9.15 Å². The summed E-state index contributed by atoms with van der Waals surface area (Å²) in [5.41, 5.74) is 5.99. The molecule has 28 heavy (non-hydrogen) atoms. The molecule has 0 aliphatic heterocycles. The minimum atomic E-state index is -0.496. The highest BCUT2D eigenvalue weighted by atomic mass is 16.5. The SMILES string of the molecule is COC(=O)c1ccc(-c2ccn3ncc(-c4c(C)nn(C(C)C)c4C)c3c2)o1. The zero-order valence-electron chi connectivity index (χ0n) is 16.6. The fourth-order valence-electron chi connectivity index (χ4n) is 3.59. The Morgan fingerprint density at radius 1 is 1.21 bits per heavy atom. The zero-order valence-corrected chi connectivity index (χ0v) is 16.6. The lowest BCUT2D eigenvalue weighted by Gasteiger charge is -2.08. The minimum absolute atomic E-state index is 0.177. The Bertz CT molecular complexity index is 1180. The molecule has 0 N–H and O–H groups in total. The molecule has 144 valence electrons. The molecule has 4 rings (SSSR count). The minimum Gasteiger partial charge on any atom is -0.463 e. The van der Waals surface area contributed by atoms with Crippen molar-refractivity contribution in [2.75, 3.05) is 7.11 Å². The lowest BCUT2D eigenvalue weighted by Crippen LogP contribution is -2.04. The number of furan rings is 1. The number of nitrogens with zero attached hydrogens (tertiary/aromatic N) is 4. The Balaban J connectivity index is 1.84. The van der Waals surface area contributed by atoms with Crippen molar-refractivity contribution >= 4 is 11.5 Å². The Hall–Kier alpha value is -3.35. The zero-order chi connectivity index (χ0) is 20.0. The molecule has 0 saturated heterocycles. The first-order valence-electron chi connectivity index (χ1n) is 9.12. The topological polar surface area (TPSA) is 74.6 Å². The number of methoxy groups -OCH3 is 1. The average molecular weight is 378 g/mol. The molecule has 0 fully saturated rings. The molecule has 4 aromatic rings. The van der Waals surface area contributed by atoms with Crippen molar-refractivity contribution in [2.45, 2.75) is 33.7 Å². The van der Waals surface area contributed by atoms with Crippen LogP contribution in [-0.4, -0.2) is 32.5 Å². The van der Waals surface area contributed by atoms with E-state index in [4.69, 9.17) is 14.3 Å². The molecule has 0 spiro atoms. The Morgan fingerprint density at radius 3 is 2.68 bits per heavy atom. The van der Waals surface area contributed by atoms with Gasteiger partial charge in [0.15, 0.2) is 0 Å². The van der Waals surface area contributed by atoms with Gasteiger partial charge in [-0.3, -0.25) is 4.68 Å². The summed E-state index contributed by atoms with van der Waals surface area (Å²) in [6.07, 6.45) is 3.74. The van der Waals surface area contributed by atoms with E-state index >= 15 is 0 Å². The normalized spacial score (nSPS) is 11.5. The van der Waals surface area contributed by atoms with Gasteiger partial charge in [0.05, 0.1) is 24.5 Å². The molecule has 4 aromatic heterocycles. The summed E-state index contributed by atoms with van der Waals surface area (Å²) in [4.78, 5) is 11.7. The van der Waals surface area contributed by atoms with Gasteiger partial charge in [-0.25, -0.2) is 9.31 Å². The third kappa shape index (κ3) is 2.79. The Morgan fingerprint density at radius 2 is 2.00 bits per heavy atom. The predicted octanol–water partition coefficient (Wildman–Crippen LogP) is 4.44. The Kier molecular flexibility index (Phi) is 4.30. The quantitative estimate of drug-likeness (QED) is 0.491. The van der Waals surface area contributed by atoms with E-state index in [1.54, 1.807) is 12.1 Å². The number of rotatable bonds is 4. The van der Waals surface area contributed by atoms with Gasteiger partial charge in [-0.2, -0.15) is 10.2 Å². The second-order valence-corrected chi connectivity index (χ2v) is 7.04. The molecule has 4 heterocycles. The molecule has 0 unspecified atom stereocenters. The number of hydrogen-bond donors (Lipinski definition) is 0. The second-order valence-electron chi connectivity index (χ2n) is 7.04. The number of esters is 1. The molecule has 0 aliphatic rings. The van der Waals surface area contributed by atoms with E-state index in [1.165, 1.54) is 7.11 Å².